The number of hydrogen-bond acceptors (Lipinski definition) is 7. The lowest BCUT2D eigenvalue weighted by molar-refractivity contribution is -0.270. The lowest BCUT2D eigenvalue weighted by atomic mass is 9.88. The SMILES string of the molecule is CC(C)(C)OC(=O)N[C@H]1CC(N2Cc3cn(S(=O)(=O)C4CC4)nc3C2)[C@@H](C(F)(F)F)O[C@@H]1c1cc(F)ccc1F. The fraction of sp³-hybridized carbons (Fsp3) is 0.600. The van der Waals surface area contributed by atoms with Crippen LogP contribution in [0.5, 0.6) is 0 Å². The molecule has 40 heavy (non-hydrogen) atoms. The number of carbonyl (C=O) groups excluding carboxylic acids is 1. The van der Waals surface area contributed by atoms with Crippen LogP contribution in [0.1, 0.15) is 63.0 Å². The molecule has 0 radical (unpaired) electrons. The van der Waals surface area contributed by atoms with Crippen molar-refractivity contribution in [3.63, 3.8) is 0 Å². The smallest absolute Gasteiger partial charge is 0.416 e. The molecule has 2 fully saturated rings. The first kappa shape index (κ1) is 28.7. The van der Waals surface area contributed by atoms with E-state index < -0.39 is 74.6 Å². The highest BCUT2D eigenvalue weighted by molar-refractivity contribution is 7.90. The van der Waals surface area contributed by atoms with Gasteiger partial charge in [-0.15, -0.1) is 0 Å². The maximum Gasteiger partial charge on any atom is 0.416 e. The van der Waals surface area contributed by atoms with Gasteiger partial charge in [0, 0.05) is 36.5 Å². The third kappa shape index (κ3) is 5.81. The van der Waals surface area contributed by atoms with Gasteiger partial charge in [0.2, 0.25) is 0 Å². The van der Waals surface area contributed by atoms with Gasteiger partial charge in [-0.2, -0.15) is 22.4 Å². The number of fused-ring (bicyclic) bond motifs is 1. The lowest BCUT2D eigenvalue weighted by Gasteiger charge is -2.45. The Morgan fingerprint density at radius 3 is 2.45 bits per heavy atom. The summed E-state index contributed by atoms with van der Waals surface area (Å²) in [5.74, 6) is -1.88. The number of ether oxygens (including phenoxy) is 2. The molecule has 2 aliphatic heterocycles. The number of alkyl carbamates (subject to hydrolysis) is 1. The zero-order valence-electron chi connectivity index (χ0n) is 21.9. The Kier molecular flexibility index (Phi) is 7.14. The first-order valence-electron chi connectivity index (χ1n) is 12.8. The Labute approximate surface area is 227 Å². The predicted molar refractivity (Wildman–Crippen MR) is 130 cm³/mol. The van der Waals surface area contributed by atoms with E-state index in [1.54, 1.807) is 20.8 Å². The van der Waals surface area contributed by atoms with Crippen molar-refractivity contribution in [3.8, 4) is 0 Å². The number of benzene rings is 1. The fourth-order valence-corrected chi connectivity index (χ4v) is 6.66. The highest BCUT2D eigenvalue weighted by Crippen LogP contribution is 2.43. The van der Waals surface area contributed by atoms with Crippen LogP contribution in [0, 0.1) is 11.6 Å². The molecule has 5 rings (SSSR count). The minimum atomic E-state index is -4.90. The number of nitrogens with one attached hydrogen (secondary N) is 1. The molecule has 1 unspecified atom stereocenters. The third-order valence-electron chi connectivity index (χ3n) is 7.05. The number of amides is 1. The zero-order chi connectivity index (χ0) is 29.2. The van der Waals surface area contributed by atoms with Crippen molar-refractivity contribution in [2.24, 2.45) is 0 Å². The van der Waals surface area contributed by atoms with Gasteiger partial charge in [0.15, 0.2) is 6.10 Å². The monoisotopic (exact) mass is 592 g/mol. The Balaban J connectivity index is 1.44. The van der Waals surface area contributed by atoms with Gasteiger partial charge in [-0.25, -0.2) is 22.0 Å². The summed E-state index contributed by atoms with van der Waals surface area (Å²) in [7, 11) is -3.65. The van der Waals surface area contributed by atoms with Crippen LogP contribution < -0.4 is 5.32 Å². The maximum atomic E-state index is 14.7. The van der Waals surface area contributed by atoms with Crippen molar-refractivity contribution >= 4 is 16.1 Å². The van der Waals surface area contributed by atoms with E-state index in [9.17, 15) is 35.2 Å². The summed E-state index contributed by atoms with van der Waals surface area (Å²) in [6.45, 7) is 4.65. The average Bonchev–Trinajstić information content (AvgIpc) is 3.49. The number of rotatable bonds is 5. The van der Waals surface area contributed by atoms with Crippen LogP contribution in [0.2, 0.25) is 0 Å². The Bertz CT molecular complexity index is 1380. The number of carbonyl (C=O) groups is 1. The van der Waals surface area contributed by atoms with Crippen molar-refractivity contribution in [3.05, 3.63) is 52.9 Å². The third-order valence-corrected chi connectivity index (χ3v) is 9.07. The molecule has 15 heteroatoms. The van der Waals surface area contributed by atoms with Crippen LogP contribution in [0.3, 0.4) is 0 Å². The molecule has 1 aromatic heterocycles. The number of alkyl halides is 3. The molecular formula is C25H29F5N4O5S. The van der Waals surface area contributed by atoms with E-state index >= 15 is 0 Å². The van der Waals surface area contributed by atoms with Crippen molar-refractivity contribution in [1.29, 1.82) is 0 Å². The van der Waals surface area contributed by atoms with Gasteiger partial charge in [-0.1, -0.05) is 0 Å². The standard InChI is InChI=1S/C25H29F5N4O5S/c1-24(2,3)39-23(35)31-18-9-20(22(25(28,29)30)38-21(18)16-8-14(26)4-7-17(16)27)33-10-13-11-34(32-19(13)12-33)40(36,37)15-5-6-15/h4,7-8,11,15,18,20-22H,5-6,9-10,12H2,1-3H3,(H,31,35)/t18-,20?,21+,22-/m0/s1. The van der Waals surface area contributed by atoms with E-state index in [4.69, 9.17) is 9.47 Å². The highest BCUT2D eigenvalue weighted by atomic mass is 32.2. The second kappa shape index (κ2) is 9.94. The van der Waals surface area contributed by atoms with E-state index in [-0.39, 0.29) is 19.5 Å². The van der Waals surface area contributed by atoms with Crippen LogP contribution in [-0.2, 0) is 32.6 Å². The lowest BCUT2D eigenvalue weighted by Crippen LogP contribution is -2.59. The summed E-state index contributed by atoms with van der Waals surface area (Å²) < 4.78 is 109. The molecule has 3 aliphatic rings. The second-order valence-corrected chi connectivity index (χ2v) is 13.4. The van der Waals surface area contributed by atoms with Crippen molar-refractivity contribution in [2.45, 2.75) is 94.4 Å². The Morgan fingerprint density at radius 2 is 1.85 bits per heavy atom. The topological polar surface area (TPSA) is 103 Å². The second-order valence-electron chi connectivity index (χ2n) is 11.4. The normalized spacial score (nSPS) is 26.0. The van der Waals surface area contributed by atoms with Gasteiger partial charge in [0.05, 0.1) is 17.0 Å². The summed E-state index contributed by atoms with van der Waals surface area (Å²) in [6, 6.07) is -0.243. The predicted octanol–water partition coefficient (Wildman–Crippen LogP) is 4.17. The van der Waals surface area contributed by atoms with Crippen LogP contribution in [0.15, 0.2) is 24.4 Å². The first-order valence-corrected chi connectivity index (χ1v) is 14.3. The van der Waals surface area contributed by atoms with Crippen molar-refractivity contribution in [2.75, 3.05) is 0 Å². The molecule has 4 atom stereocenters. The Morgan fingerprint density at radius 1 is 1.15 bits per heavy atom. The average molecular weight is 593 g/mol. The minimum absolute atomic E-state index is 0.0473. The summed E-state index contributed by atoms with van der Waals surface area (Å²) >= 11 is 0. The van der Waals surface area contributed by atoms with Gasteiger partial charge in [0.25, 0.3) is 10.0 Å². The molecule has 1 amide bonds. The van der Waals surface area contributed by atoms with Crippen molar-refractivity contribution in [1.82, 2.24) is 19.4 Å². The molecule has 0 bridgehead atoms. The molecule has 1 saturated carbocycles. The summed E-state index contributed by atoms with van der Waals surface area (Å²) in [5, 5.41) is 6.11. The quantitative estimate of drug-likeness (QED) is 0.520. The van der Waals surface area contributed by atoms with Gasteiger partial charge >= 0.3 is 12.3 Å². The minimum Gasteiger partial charge on any atom is -0.444 e. The fourth-order valence-electron chi connectivity index (χ4n) is 5.14. The molecule has 2 aromatic rings. The van der Waals surface area contributed by atoms with Crippen LogP contribution in [-0.4, -0.2) is 63.8 Å². The molecule has 1 aromatic carbocycles. The molecule has 3 heterocycles. The Hall–Kier alpha value is -2.78. The molecular weight excluding hydrogens is 563 g/mol. The number of nitrogens with zero attached hydrogens (tertiary/aromatic N) is 3. The number of halogens is 5. The van der Waals surface area contributed by atoms with E-state index in [0.717, 1.165) is 22.3 Å². The molecule has 1 aliphatic carbocycles. The van der Waals surface area contributed by atoms with Crippen LogP contribution >= 0.6 is 0 Å². The highest BCUT2D eigenvalue weighted by Gasteiger charge is 2.55. The van der Waals surface area contributed by atoms with Gasteiger partial charge in [-0.3, -0.25) is 4.90 Å². The molecule has 1 N–H and O–H groups in total. The van der Waals surface area contributed by atoms with E-state index in [1.165, 1.54) is 11.1 Å². The summed E-state index contributed by atoms with van der Waals surface area (Å²) in [5.41, 5.74) is -0.628. The van der Waals surface area contributed by atoms with Crippen molar-refractivity contribution < 1.29 is 44.6 Å². The zero-order valence-corrected chi connectivity index (χ0v) is 22.7. The largest absolute Gasteiger partial charge is 0.444 e. The molecule has 1 saturated heterocycles. The molecule has 0 spiro atoms. The molecule has 9 nitrogen and oxygen atoms in total. The summed E-state index contributed by atoms with van der Waals surface area (Å²) in [6.07, 6.45) is -7.94. The van der Waals surface area contributed by atoms with E-state index in [2.05, 4.69) is 10.4 Å². The van der Waals surface area contributed by atoms with Gasteiger partial charge < -0.3 is 14.8 Å². The maximum absolute atomic E-state index is 14.7. The van der Waals surface area contributed by atoms with E-state index in [1.807, 2.05) is 0 Å². The number of aromatic nitrogens is 2. The summed E-state index contributed by atoms with van der Waals surface area (Å²) in [4.78, 5) is 14.1. The first-order chi connectivity index (χ1) is 18.5. The van der Waals surface area contributed by atoms with Crippen LogP contribution in [0.25, 0.3) is 0 Å². The molecule has 220 valence electrons. The van der Waals surface area contributed by atoms with Crippen LogP contribution in [0.4, 0.5) is 26.7 Å². The van der Waals surface area contributed by atoms with Gasteiger partial charge in [0.1, 0.15) is 23.3 Å². The number of hydrogen-bond donors (Lipinski definition) is 1. The van der Waals surface area contributed by atoms with Gasteiger partial charge in [-0.05, 0) is 58.2 Å². The van der Waals surface area contributed by atoms with E-state index in [0.29, 0.717) is 24.1 Å².